The van der Waals surface area contributed by atoms with E-state index in [0.29, 0.717) is 5.56 Å². The molecule has 0 spiro atoms. The molecule has 1 aromatic rings. The lowest BCUT2D eigenvalue weighted by atomic mass is 9.99. The first kappa shape index (κ1) is 16.0. The summed E-state index contributed by atoms with van der Waals surface area (Å²) in [6.07, 6.45) is 4.04. The standard InChI is InChI=1S/C16H23NO3S/c1-3-13-9-7-8-12-17(13)16(18)14-10-5-6-11-15(14)21(19,20)4-2/h5-6,10-11,13H,3-4,7-9,12H2,1-2H3. The third-order valence-corrected chi connectivity index (χ3v) is 5.98. The van der Waals surface area contributed by atoms with Crippen LogP contribution >= 0.6 is 0 Å². The number of carbonyl (C=O) groups is 1. The molecule has 1 fully saturated rings. The molecule has 21 heavy (non-hydrogen) atoms. The van der Waals surface area contributed by atoms with Crippen molar-refractivity contribution in [1.82, 2.24) is 4.90 Å². The molecule has 5 heteroatoms. The molecule has 0 saturated carbocycles. The highest BCUT2D eigenvalue weighted by atomic mass is 32.2. The van der Waals surface area contributed by atoms with E-state index in [1.54, 1.807) is 25.1 Å². The van der Waals surface area contributed by atoms with Gasteiger partial charge in [0.1, 0.15) is 0 Å². The van der Waals surface area contributed by atoms with Crippen LogP contribution in [0.15, 0.2) is 29.2 Å². The van der Waals surface area contributed by atoms with Crippen LogP contribution in [0.2, 0.25) is 0 Å². The van der Waals surface area contributed by atoms with Crippen molar-refractivity contribution >= 4 is 15.7 Å². The zero-order valence-corrected chi connectivity index (χ0v) is 13.5. The van der Waals surface area contributed by atoms with Gasteiger partial charge in [-0.1, -0.05) is 26.0 Å². The summed E-state index contributed by atoms with van der Waals surface area (Å²) in [5.41, 5.74) is 0.319. The third-order valence-electron chi connectivity index (χ3n) is 4.19. The Morgan fingerprint density at radius 3 is 2.62 bits per heavy atom. The quantitative estimate of drug-likeness (QED) is 0.859. The Hall–Kier alpha value is -1.36. The van der Waals surface area contributed by atoms with E-state index < -0.39 is 9.84 Å². The molecule has 1 aromatic carbocycles. The van der Waals surface area contributed by atoms with E-state index in [1.165, 1.54) is 6.07 Å². The van der Waals surface area contributed by atoms with Crippen LogP contribution in [0, 0.1) is 0 Å². The van der Waals surface area contributed by atoms with Crippen LogP contribution in [-0.4, -0.2) is 37.6 Å². The Balaban J connectivity index is 2.40. The van der Waals surface area contributed by atoms with E-state index in [4.69, 9.17) is 0 Å². The van der Waals surface area contributed by atoms with Gasteiger partial charge in [-0.05, 0) is 37.8 Å². The van der Waals surface area contributed by atoms with Gasteiger partial charge in [-0.2, -0.15) is 0 Å². The summed E-state index contributed by atoms with van der Waals surface area (Å²) in [4.78, 5) is 14.8. The van der Waals surface area contributed by atoms with Gasteiger partial charge in [-0.25, -0.2) is 8.42 Å². The molecular formula is C16H23NO3S. The SMILES string of the molecule is CCC1CCCCN1C(=O)c1ccccc1S(=O)(=O)CC. The summed E-state index contributed by atoms with van der Waals surface area (Å²) in [6.45, 7) is 4.40. The molecule has 0 N–H and O–H groups in total. The number of sulfone groups is 1. The first-order valence-corrected chi connectivity index (χ1v) is 9.29. The molecule has 1 atom stereocenters. The predicted octanol–water partition coefficient (Wildman–Crippen LogP) is 2.88. The van der Waals surface area contributed by atoms with E-state index in [9.17, 15) is 13.2 Å². The predicted molar refractivity (Wildman–Crippen MR) is 83.1 cm³/mol. The van der Waals surface area contributed by atoms with Crippen molar-refractivity contribution in [1.29, 1.82) is 0 Å². The zero-order chi connectivity index (χ0) is 15.5. The summed E-state index contributed by atoms with van der Waals surface area (Å²) in [7, 11) is -3.38. The Morgan fingerprint density at radius 2 is 1.95 bits per heavy atom. The molecule has 1 unspecified atom stereocenters. The van der Waals surface area contributed by atoms with Crippen molar-refractivity contribution in [2.24, 2.45) is 0 Å². The summed E-state index contributed by atoms with van der Waals surface area (Å²) in [5.74, 6) is -0.136. The summed E-state index contributed by atoms with van der Waals surface area (Å²) in [6, 6.07) is 6.80. The van der Waals surface area contributed by atoms with E-state index in [-0.39, 0.29) is 22.6 Å². The van der Waals surface area contributed by atoms with Gasteiger partial charge in [0.15, 0.2) is 9.84 Å². The van der Waals surface area contributed by atoms with Crippen LogP contribution in [0.25, 0.3) is 0 Å². The van der Waals surface area contributed by atoms with Crippen molar-refractivity contribution in [2.45, 2.75) is 50.5 Å². The van der Waals surface area contributed by atoms with E-state index in [1.807, 2.05) is 4.90 Å². The van der Waals surface area contributed by atoms with Crippen LogP contribution in [0.4, 0.5) is 0 Å². The minimum atomic E-state index is -3.38. The van der Waals surface area contributed by atoms with Gasteiger partial charge in [0.05, 0.1) is 16.2 Å². The summed E-state index contributed by atoms with van der Waals surface area (Å²) < 4.78 is 24.4. The fourth-order valence-electron chi connectivity index (χ4n) is 2.92. The number of rotatable bonds is 4. The number of piperidine rings is 1. The van der Waals surface area contributed by atoms with Crippen LogP contribution in [0.1, 0.15) is 49.9 Å². The average molecular weight is 309 g/mol. The fourth-order valence-corrected chi connectivity index (χ4v) is 4.00. The Labute approximate surface area is 127 Å². The highest BCUT2D eigenvalue weighted by molar-refractivity contribution is 7.91. The van der Waals surface area contributed by atoms with Crippen molar-refractivity contribution in [3.8, 4) is 0 Å². The van der Waals surface area contributed by atoms with E-state index in [0.717, 1.165) is 32.2 Å². The number of hydrogen-bond acceptors (Lipinski definition) is 3. The topological polar surface area (TPSA) is 54.5 Å². The molecule has 116 valence electrons. The number of amides is 1. The maximum Gasteiger partial charge on any atom is 0.255 e. The summed E-state index contributed by atoms with van der Waals surface area (Å²) in [5, 5.41) is 0. The second-order valence-electron chi connectivity index (χ2n) is 5.46. The van der Waals surface area contributed by atoms with Crippen LogP contribution in [-0.2, 0) is 9.84 Å². The molecular weight excluding hydrogens is 286 g/mol. The number of carbonyl (C=O) groups excluding carboxylic acids is 1. The third kappa shape index (κ3) is 3.28. The second kappa shape index (κ2) is 6.60. The van der Waals surface area contributed by atoms with Gasteiger partial charge >= 0.3 is 0 Å². The van der Waals surface area contributed by atoms with Gasteiger partial charge in [-0.3, -0.25) is 4.79 Å². The fraction of sp³-hybridized carbons (Fsp3) is 0.562. The minimum absolute atomic E-state index is 0.00843. The van der Waals surface area contributed by atoms with Crippen LogP contribution < -0.4 is 0 Å². The molecule has 0 bridgehead atoms. The number of nitrogens with zero attached hydrogens (tertiary/aromatic N) is 1. The maximum absolute atomic E-state index is 12.8. The number of hydrogen-bond donors (Lipinski definition) is 0. The van der Waals surface area contributed by atoms with Gasteiger partial charge < -0.3 is 4.90 Å². The van der Waals surface area contributed by atoms with Crippen LogP contribution in [0.5, 0.6) is 0 Å². The molecule has 1 aliphatic rings. The first-order chi connectivity index (χ1) is 10.0. The average Bonchev–Trinajstić information content (AvgIpc) is 2.54. The van der Waals surface area contributed by atoms with Crippen molar-refractivity contribution in [3.05, 3.63) is 29.8 Å². The monoisotopic (exact) mass is 309 g/mol. The number of benzene rings is 1. The van der Waals surface area contributed by atoms with Gasteiger partial charge in [0, 0.05) is 12.6 Å². The molecule has 1 amide bonds. The molecule has 1 heterocycles. The van der Waals surface area contributed by atoms with Gasteiger partial charge in [-0.15, -0.1) is 0 Å². The smallest absolute Gasteiger partial charge is 0.255 e. The maximum atomic E-state index is 12.8. The van der Waals surface area contributed by atoms with Crippen molar-refractivity contribution in [2.75, 3.05) is 12.3 Å². The zero-order valence-electron chi connectivity index (χ0n) is 12.7. The summed E-state index contributed by atoms with van der Waals surface area (Å²) >= 11 is 0. The Bertz CT molecular complexity index is 610. The van der Waals surface area contributed by atoms with Gasteiger partial charge in [0.25, 0.3) is 5.91 Å². The highest BCUT2D eigenvalue weighted by Gasteiger charge is 2.29. The van der Waals surface area contributed by atoms with Gasteiger partial charge in [0.2, 0.25) is 0 Å². The molecule has 0 radical (unpaired) electrons. The normalized spacial score (nSPS) is 19.5. The second-order valence-corrected chi connectivity index (χ2v) is 7.70. The molecule has 4 nitrogen and oxygen atoms in total. The van der Waals surface area contributed by atoms with Crippen molar-refractivity contribution < 1.29 is 13.2 Å². The Morgan fingerprint density at radius 1 is 1.24 bits per heavy atom. The Kier molecular flexibility index (Phi) is 5.04. The van der Waals surface area contributed by atoms with E-state index >= 15 is 0 Å². The molecule has 1 saturated heterocycles. The van der Waals surface area contributed by atoms with E-state index in [2.05, 4.69) is 6.92 Å². The lowest BCUT2D eigenvalue weighted by Gasteiger charge is -2.35. The molecule has 0 aromatic heterocycles. The molecule has 1 aliphatic heterocycles. The largest absolute Gasteiger partial charge is 0.336 e. The lowest BCUT2D eigenvalue weighted by molar-refractivity contribution is 0.0604. The first-order valence-electron chi connectivity index (χ1n) is 7.64. The highest BCUT2D eigenvalue weighted by Crippen LogP contribution is 2.25. The molecule has 0 aliphatic carbocycles. The molecule has 2 rings (SSSR count). The van der Waals surface area contributed by atoms with Crippen LogP contribution in [0.3, 0.4) is 0 Å². The lowest BCUT2D eigenvalue weighted by Crippen LogP contribution is -2.43. The minimum Gasteiger partial charge on any atom is -0.336 e. The number of likely N-dealkylation sites (tertiary alicyclic amines) is 1. The van der Waals surface area contributed by atoms with Crippen molar-refractivity contribution in [3.63, 3.8) is 0 Å².